The van der Waals surface area contributed by atoms with Gasteiger partial charge in [0.05, 0.1) is 6.42 Å². The largest absolute Gasteiger partial charge is 0.481 e. The van der Waals surface area contributed by atoms with Crippen molar-refractivity contribution in [2.75, 3.05) is 12.3 Å². The van der Waals surface area contributed by atoms with Crippen LogP contribution in [0.5, 0.6) is 0 Å². The third-order valence-electron chi connectivity index (χ3n) is 1.53. The quantitative estimate of drug-likeness (QED) is 0.624. The zero-order valence-corrected chi connectivity index (χ0v) is 8.44. The van der Waals surface area contributed by atoms with Crippen molar-refractivity contribution in [1.29, 1.82) is 0 Å². The first-order valence-corrected chi connectivity index (χ1v) is 4.59. The number of nitrogens with one attached hydrogen (secondary N) is 1. The Morgan fingerprint density at radius 2 is 1.93 bits per heavy atom. The highest BCUT2D eigenvalue weighted by Crippen LogP contribution is 2.27. The number of halogens is 3. The number of hydrogen-bond acceptors (Lipinski definition) is 3. The van der Waals surface area contributed by atoms with Crippen molar-refractivity contribution < 1.29 is 27.9 Å². The number of carbonyl (C=O) groups excluding carboxylic acids is 1. The summed E-state index contributed by atoms with van der Waals surface area (Å²) in [5.41, 5.74) is 0. The van der Waals surface area contributed by atoms with Gasteiger partial charge in [0.1, 0.15) is 5.92 Å². The van der Waals surface area contributed by atoms with Crippen LogP contribution in [-0.2, 0) is 9.59 Å². The lowest BCUT2D eigenvalue weighted by atomic mass is 10.1. The molecule has 2 N–H and O–H groups in total. The Hall–Kier alpha value is -0.920. The third kappa shape index (κ3) is 5.50. The summed E-state index contributed by atoms with van der Waals surface area (Å²) in [6.07, 6.45) is -5.07. The minimum Gasteiger partial charge on any atom is -0.481 e. The average molecular weight is 245 g/mol. The van der Waals surface area contributed by atoms with Crippen LogP contribution in [0.3, 0.4) is 0 Å². The van der Waals surface area contributed by atoms with Crippen molar-refractivity contribution in [3.05, 3.63) is 0 Å². The second kappa shape index (κ2) is 5.84. The van der Waals surface area contributed by atoms with Gasteiger partial charge in [-0.25, -0.2) is 0 Å². The highest BCUT2D eigenvalue weighted by Gasteiger charge is 2.43. The lowest BCUT2D eigenvalue weighted by molar-refractivity contribution is -0.177. The number of thiol groups is 1. The predicted molar refractivity (Wildman–Crippen MR) is 48.7 cm³/mol. The Balaban J connectivity index is 4.12. The summed E-state index contributed by atoms with van der Waals surface area (Å²) in [5, 5.41) is 10.1. The standard InChI is InChI=1S/C7H10F3NO3S/c8-7(9,10)4(3-15)6(14)11-2-1-5(12)13/h4,15H,1-3H2,(H,11,14)(H,12,13). The fraction of sp³-hybridized carbons (Fsp3) is 0.714. The molecule has 1 atom stereocenters. The molecule has 1 amide bonds. The van der Waals surface area contributed by atoms with Crippen LogP contribution in [0.2, 0.25) is 0 Å². The highest BCUT2D eigenvalue weighted by molar-refractivity contribution is 7.80. The summed E-state index contributed by atoms with van der Waals surface area (Å²) in [4.78, 5) is 21.0. The van der Waals surface area contributed by atoms with Gasteiger partial charge >= 0.3 is 12.1 Å². The number of aliphatic carboxylic acids is 1. The molecule has 0 aromatic carbocycles. The Labute approximate surface area is 89.2 Å². The fourth-order valence-electron chi connectivity index (χ4n) is 0.751. The highest BCUT2D eigenvalue weighted by atomic mass is 32.1. The summed E-state index contributed by atoms with van der Waals surface area (Å²) >= 11 is 3.41. The van der Waals surface area contributed by atoms with Crippen molar-refractivity contribution in [3.8, 4) is 0 Å². The summed E-state index contributed by atoms with van der Waals surface area (Å²) < 4.78 is 36.4. The molecule has 0 bridgehead atoms. The normalized spacial score (nSPS) is 13.3. The van der Waals surface area contributed by atoms with Gasteiger partial charge in [0, 0.05) is 12.3 Å². The second-order valence-corrected chi connectivity index (χ2v) is 3.08. The van der Waals surface area contributed by atoms with Crippen molar-refractivity contribution in [2.45, 2.75) is 12.6 Å². The summed E-state index contributed by atoms with van der Waals surface area (Å²) in [5.74, 6) is -5.30. The Kier molecular flexibility index (Phi) is 5.48. The van der Waals surface area contributed by atoms with Gasteiger partial charge in [0.15, 0.2) is 0 Å². The number of carboxylic acid groups (broad SMARTS) is 1. The van der Waals surface area contributed by atoms with E-state index in [1.807, 2.05) is 5.32 Å². The maximum atomic E-state index is 12.1. The molecular formula is C7H10F3NO3S. The molecule has 0 rings (SSSR count). The average Bonchev–Trinajstić information content (AvgIpc) is 2.01. The summed E-state index contributed by atoms with van der Waals surface area (Å²) in [7, 11) is 0. The van der Waals surface area contributed by atoms with Gasteiger partial charge in [-0.2, -0.15) is 25.8 Å². The molecule has 0 fully saturated rings. The number of amides is 1. The number of carbonyl (C=O) groups is 2. The topological polar surface area (TPSA) is 66.4 Å². The van der Waals surface area contributed by atoms with Crippen LogP contribution in [-0.4, -0.2) is 35.5 Å². The molecule has 0 aliphatic heterocycles. The molecule has 1 unspecified atom stereocenters. The number of rotatable bonds is 5. The SMILES string of the molecule is O=C(O)CCNC(=O)C(CS)C(F)(F)F. The third-order valence-corrected chi connectivity index (χ3v) is 1.90. The van der Waals surface area contributed by atoms with Crippen LogP contribution in [0.4, 0.5) is 13.2 Å². The van der Waals surface area contributed by atoms with Crippen LogP contribution < -0.4 is 5.32 Å². The van der Waals surface area contributed by atoms with Gasteiger partial charge in [-0.05, 0) is 0 Å². The van der Waals surface area contributed by atoms with Crippen LogP contribution in [0.1, 0.15) is 6.42 Å². The zero-order chi connectivity index (χ0) is 12.1. The van der Waals surface area contributed by atoms with Crippen LogP contribution in [0.25, 0.3) is 0 Å². The molecule has 88 valence electrons. The summed E-state index contributed by atoms with van der Waals surface area (Å²) in [6.45, 7) is -0.325. The van der Waals surface area contributed by atoms with E-state index < -0.39 is 36.1 Å². The second-order valence-electron chi connectivity index (χ2n) is 2.71. The first-order valence-electron chi connectivity index (χ1n) is 3.96. The molecule has 0 saturated carbocycles. The van der Waals surface area contributed by atoms with Gasteiger partial charge in [-0.3, -0.25) is 9.59 Å². The van der Waals surface area contributed by atoms with Gasteiger partial charge in [-0.15, -0.1) is 0 Å². The Bertz CT molecular complexity index is 244. The molecule has 4 nitrogen and oxygen atoms in total. The van der Waals surface area contributed by atoms with Crippen molar-refractivity contribution >= 4 is 24.5 Å². The van der Waals surface area contributed by atoms with E-state index in [0.29, 0.717) is 0 Å². The van der Waals surface area contributed by atoms with Crippen LogP contribution in [0.15, 0.2) is 0 Å². The monoisotopic (exact) mass is 245 g/mol. The first-order chi connectivity index (χ1) is 6.79. The van der Waals surface area contributed by atoms with E-state index in [9.17, 15) is 22.8 Å². The molecular weight excluding hydrogens is 235 g/mol. The van der Waals surface area contributed by atoms with Gasteiger partial charge < -0.3 is 10.4 Å². The minimum atomic E-state index is -4.66. The van der Waals surface area contributed by atoms with Crippen LogP contribution >= 0.6 is 12.6 Å². The molecule has 0 aromatic heterocycles. The first kappa shape index (κ1) is 14.1. The maximum Gasteiger partial charge on any atom is 0.401 e. The maximum absolute atomic E-state index is 12.1. The summed E-state index contributed by atoms with van der Waals surface area (Å²) in [6, 6.07) is 0. The molecule has 0 aliphatic carbocycles. The van der Waals surface area contributed by atoms with E-state index in [1.165, 1.54) is 0 Å². The lowest BCUT2D eigenvalue weighted by Gasteiger charge is -2.17. The van der Waals surface area contributed by atoms with E-state index in [4.69, 9.17) is 5.11 Å². The van der Waals surface area contributed by atoms with E-state index in [1.54, 1.807) is 0 Å². The molecule has 0 spiro atoms. The van der Waals surface area contributed by atoms with E-state index in [2.05, 4.69) is 12.6 Å². The van der Waals surface area contributed by atoms with E-state index in [-0.39, 0.29) is 6.54 Å². The van der Waals surface area contributed by atoms with Crippen LogP contribution in [0, 0.1) is 5.92 Å². The predicted octanol–water partition coefficient (Wildman–Crippen LogP) is 0.686. The van der Waals surface area contributed by atoms with Crippen molar-refractivity contribution in [2.24, 2.45) is 5.92 Å². The van der Waals surface area contributed by atoms with Crippen molar-refractivity contribution in [1.82, 2.24) is 5.32 Å². The van der Waals surface area contributed by atoms with Gasteiger partial charge in [0.2, 0.25) is 5.91 Å². The molecule has 0 radical (unpaired) electrons. The number of carboxylic acids is 1. The molecule has 0 heterocycles. The molecule has 8 heteroatoms. The van der Waals surface area contributed by atoms with E-state index in [0.717, 1.165) is 0 Å². The molecule has 15 heavy (non-hydrogen) atoms. The minimum absolute atomic E-state index is 0.325. The Morgan fingerprint density at radius 3 is 2.27 bits per heavy atom. The molecule has 0 aliphatic rings. The molecule has 0 aromatic rings. The van der Waals surface area contributed by atoms with Gasteiger partial charge in [0.25, 0.3) is 0 Å². The zero-order valence-electron chi connectivity index (χ0n) is 7.54. The fourth-order valence-corrected chi connectivity index (χ4v) is 1.12. The van der Waals surface area contributed by atoms with E-state index >= 15 is 0 Å². The van der Waals surface area contributed by atoms with Gasteiger partial charge in [-0.1, -0.05) is 0 Å². The smallest absolute Gasteiger partial charge is 0.401 e. The Morgan fingerprint density at radius 1 is 1.40 bits per heavy atom. The number of alkyl halides is 3. The lowest BCUT2D eigenvalue weighted by Crippen LogP contribution is -2.41. The van der Waals surface area contributed by atoms with Crippen molar-refractivity contribution in [3.63, 3.8) is 0 Å². The molecule has 0 saturated heterocycles. The number of hydrogen-bond donors (Lipinski definition) is 3.